The Bertz CT molecular complexity index is 1370. The van der Waals surface area contributed by atoms with Gasteiger partial charge in [0.25, 0.3) is 5.56 Å². The Labute approximate surface area is 193 Å². The molecule has 172 valence electrons. The summed E-state index contributed by atoms with van der Waals surface area (Å²) in [5.41, 5.74) is 0.703. The first-order chi connectivity index (χ1) is 16.4. The molecule has 2 aromatic heterocycles. The maximum absolute atomic E-state index is 13.4. The zero-order chi connectivity index (χ0) is 24.1. The average Bonchev–Trinajstić information content (AvgIpc) is 2.84. The Morgan fingerprint density at radius 3 is 2.32 bits per heavy atom. The number of aromatic nitrogens is 3. The third kappa shape index (κ3) is 5.32. The summed E-state index contributed by atoms with van der Waals surface area (Å²) in [5.74, 6) is -0.00571. The van der Waals surface area contributed by atoms with Gasteiger partial charge in [0, 0.05) is 18.2 Å². The summed E-state index contributed by atoms with van der Waals surface area (Å²) in [6.07, 6.45) is 4.55. The minimum absolute atomic E-state index is 0.0318. The second-order valence-electron chi connectivity index (χ2n) is 7.38. The first-order valence-electron chi connectivity index (χ1n) is 10.5. The Morgan fingerprint density at radius 1 is 0.971 bits per heavy atom. The molecule has 0 bridgehead atoms. The summed E-state index contributed by atoms with van der Waals surface area (Å²) < 4.78 is 33.7. The molecule has 0 aliphatic carbocycles. The van der Waals surface area contributed by atoms with Crippen LogP contribution in [0.5, 0.6) is 11.5 Å². The van der Waals surface area contributed by atoms with Crippen LogP contribution in [0.15, 0.2) is 78.0 Å². The number of nitrogens with zero attached hydrogens (tertiary/aromatic N) is 3. The van der Waals surface area contributed by atoms with E-state index >= 15 is 0 Å². The number of rotatable bonds is 7. The topological polar surface area (TPSA) is 86.1 Å². The van der Waals surface area contributed by atoms with Crippen molar-refractivity contribution in [3.8, 4) is 22.9 Å². The van der Waals surface area contributed by atoms with Crippen molar-refractivity contribution in [3.05, 3.63) is 101 Å². The molecular formula is C25H20F2N4O3. The van der Waals surface area contributed by atoms with E-state index in [0.717, 1.165) is 0 Å². The molecule has 0 saturated heterocycles. The molecule has 0 aliphatic heterocycles. The smallest absolute Gasteiger partial charge is 0.277 e. The number of amides is 1. The maximum atomic E-state index is 13.4. The van der Waals surface area contributed by atoms with Gasteiger partial charge in [-0.3, -0.25) is 19.1 Å². The summed E-state index contributed by atoms with van der Waals surface area (Å²) in [6.45, 7) is 1.73. The van der Waals surface area contributed by atoms with Crippen molar-refractivity contribution in [2.24, 2.45) is 0 Å². The van der Waals surface area contributed by atoms with Gasteiger partial charge in [0.05, 0.1) is 18.9 Å². The van der Waals surface area contributed by atoms with Gasteiger partial charge in [0.15, 0.2) is 0 Å². The predicted molar refractivity (Wildman–Crippen MR) is 123 cm³/mol. The van der Waals surface area contributed by atoms with Gasteiger partial charge in [-0.25, -0.2) is 13.8 Å². The number of benzene rings is 2. The summed E-state index contributed by atoms with van der Waals surface area (Å²) in [4.78, 5) is 33.6. The van der Waals surface area contributed by atoms with Crippen molar-refractivity contribution in [1.29, 1.82) is 0 Å². The zero-order valence-corrected chi connectivity index (χ0v) is 18.2. The van der Waals surface area contributed by atoms with Gasteiger partial charge in [-0.1, -0.05) is 6.92 Å². The highest BCUT2D eigenvalue weighted by Gasteiger charge is 2.15. The van der Waals surface area contributed by atoms with Crippen LogP contribution < -0.4 is 15.6 Å². The van der Waals surface area contributed by atoms with Crippen LogP contribution in [0.3, 0.4) is 0 Å². The van der Waals surface area contributed by atoms with Crippen LogP contribution in [0.4, 0.5) is 14.5 Å². The molecule has 0 spiro atoms. The molecule has 4 rings (SSSR count). The number of ether oxygens (including phenoxy) is 1. The lowest BCUT2D eigenvalue weighted by Crippen LogP contribution is -2.28. The summed E-state index contributed by atoms with van der Waals surface area (Å²) in [6, 6.07) is 12.8. The van der Waals surface area contributed by atoms with E-state index < -0.39 is 11.4 Å². The van der Waals surface area contributed by atoms with Crippen LogP contribution in [0.1, 0.15) is 18.9 Å². The number of halogens is 2. The lowest BCUT2D eigenvalue weighted by atomic mass is 10.2. The minimum Gasteiger partial charge on any atom is -0.456 e. The van der Waals surface area contributed by atoms with Crippen molar-refractivity contribution in [3.63, 3.8) is 0 Å². The van der Waals surface area contributed by atoms with E-state index in [0.29, 0.717) is 28.5 Å². The zero-order valence-electron chi connectivity index (χ0n) is 18.2. The molecule has 9 heteroatoms. The maximum Gasteiger partial charge on any atom is 0.277 e. The molecule has 0 saturated carbocycles. The summed E-state index contributed by atoms with van der Waals surface area (Å²) >= 11 is 0. The molecule has 0 unspecified atom stereocenters. The van der Waals surface area contributed by atoms with Gasteiger partial charge >= 0.3 is 0 Å². The number of anilines is 1. The molecule has 0 aliphatic rings. The van der Waals surface area contributed by atoms with E-state index in [1.807, 2.05) is 0 Å². The van der Waals surface area contributed by atoms with E-state index in [1.54, 1.807) is 19.2 Å². The number of pyridine rings is 1. The van der Waals surface area contributed by atoms with Crippen molar-refractivity contribution in [1.82, 2.24) is 14.5 Å². The Balaban J connectivity index is 1.71. The Kier molecular flexibility index (Phi) is 6.72. The molecule has 2 heterocycles. The second-order valence-corrected chi connectivity index (χ2v) is 7.38. The Hall–Kier alpha value is -4.40. The third-order valence-corrected chi connectivity index (χ3v) is 4.90. The van der Waals surface area contributed by atoms with Gasteiger partial charge in [0.2, 0.25) is 5.91 Å². The first-order valence-corrected chi connectivity index (χ1v) is 10.5. The number of hydrogen-bond donors (Lipinski definition) is 1. The number of carbonyl (C=O) groups excluding carboxylic acids is 1. The Morgan fingerprint density at radius 2 is 1.65 bits per heavy atom. The van der Waals surface area contributed by atoms with Crippen LogP contribution in [-0.2, 0) is 11.3 Å². The van der Waals surface area contributed by atoms with Crippen LogP contribution in [-0.4, -0.2) is 20.4 Å². The molecule has 34 heavy (non-hydrogen) atoms. The number of hydrogen-bond acceptors (Lipinski definition) is 5. The predicted octanol–water partition coefficient (Wildman–Crippen LogP) is 4.77. The number of carbonyl (C=O) groups is 1. The van der Waals surface area contributed by atoms with Crippen molar-refractivity contribution in [2.75, 3.05) is 5.32 Å². The van der Waals surface area contributed by atoms with Crippen molar-refractivity contribution in [2.45, 2.75) is 19.9 Å². The minimum atomic E-state index is -0.471. The molecule has 0 radical (unpaired) electrons. The van der Waals surface area contributed by atoms with Gasteiger partial charge in [-0.15, -0.1) is 0 Å². The molecule has 0 fully saturated rings. The normalized spacial score (nSPS) is 10.7. The van der Waals surface area contributed by atoms with Gasteiger partial charge < -0.3 is 10.1 Å². The van der Waals surface area contributed by atoms with Crippen LogP contribution in [0.25, 0.3) is 11.4 Å². The molecular weight excluding hydrogens is 442 g/mol. The van der Waals surface area contributed by atoms with Crippen LogP contribution in [0, 0.1) is 11.6 Å². The quantitative estimate of drug-likeness (QED) is 0.428. The number of nitrogens with one attached hydrogen (secondary N) is 1. The lowest BCUT2D eigenvalue weighted by molar-refractivity contribution is -0.115. The molecule has 7 nitrogen and oxygen atoms in total. The average molecular weight is 462 g/mol. The highest BCUT2D eigenvalue weighted by atomic mass is 19.1. The van der Waals surface area contributed by atoms with Crippen molar-refractivity contribution >= 4 is 11.6 Å². The van der Waals surface area contributed by atoms with Crippen LogP contribution >= 0.6 is 0 Å². The van der Waals surface area contributed by atoms with E-state index in [4.69, 9.17) is 4.74 Å². The lowest BCUT2D eigenvalue weighted by Gasteiger charge is -2.15. The standard InChI is InChI=1S/C25H20F2N4O3/c1-2-23(32)30-22-14-29-24(17-3-5-18(26)6-4-17)31(25(22)33)15-16-11-21(13-28-12-16)34-20-9-7-19(27)8-10-20/h3-14H,2,15H2,1H3,(H,30,32). The molecule has 2 aromatic carbocycles. The second kappa shape index (κ2) is 10.0. The highest BCUT2D eigenvalue weighted by Crippen LogP contribution is 2.23. The fourth-order valence-electron chi connectivity index (χ4n) is 3.22. The highest BCUT2D eigenvalue weighted by molar-refractivity contribution is 5.90. The van der Waals surface area contributed by atoms with E-state index in [2.05, 4.69) is 15.3 Å². The monoisotopic (exact) mass is 462 g/mol. The van der Waals surface area contributed by atoms with Crippen LogP contribution in [0.2, 0.25) is 0 Å². The van der Waals surface area contributed by atoms with Crippen molar-refractivity contribution < 1.29 is 18.3 Å². The van der Waals surface area contributed by atoms with Gasteiger partial charge in [0.1, 0.15) is 34.6 Å². The fraction of sp³-hybridized carbons (Fsp3) is 0.120. The van der Waals surface area contributed by atoms with E-state index in [1.165, 1.54) is 65.5 Å². The summed E-state index contributed by atoms with van der Waals surface area (Å²) in [5, 5.41) is 2.56. The molecule has 1 N–H and O–H groups in total. The van der Waals surface area contributed by atoms with Gasteiger partial charge in [-0.05, 0) is 60.2 Å². The van der Waals surface area contributed by atoms with Gasteiger partial charge in [-0.2, -0.15) is 0 Å². The molecule has 4 aromatic rings. The first kappa shape index (κ1) is 22.8. The molecule has 1 amide bonds. The molecule has 0 atom stereocenters. The fourth-order valence-corrected chi connectivity index (χ4v) is 3.22. The largest absolute Gasteiger partial charge is 0.456 e. The SMILES string of the molecule is CCC(=O)Nc1cnc(-c2ccc(F)cc2)n(Cc2cncc(Oc3ccc(F)cc3)c2)c1=O. The third-order valence-electron chi connectivity index (χ3n) is 4.90. The van der Waals surface area contributed by atoms with E-state index in [-0.39, 0.29) is 30.4 Å². The van der Waals surface area contributed by atoms with E-state index in [9.17, 15) is 18.4 Å². The summed E-state index contributed by atoms with van der Waals surface area (Å²) in [7, 11) is 0.